The van der Waals surface area contributed by atoms with E-state index >= 15 is 0 Å². The lowest BCUT2D eigenvalue weighted by molar-refractivity contribution is 0.0992. The Morgan fingerprint density at radius 2 is 1.89 bits per heavy atom. The molecular weight excluding hydrogens is 226 g/mol. The number of nitrogens with zero attached hydrogens (tertiary/aromatic N) is 1. The maximum absolute atomic E-state index is 12.0. The summed E-state index contributed by atoms with van der Waals surface area (Å²) in [7, 11) is 1.62. The van der Waals surface area contributed by atoms with E-state index in [-0.39, 0.29) is 5.78 Å². The van der Waals surface area contributed by atoms with Crippen molar-refractivity contribution in [3.8, 4) is 5.75 Å². The van der Waals surface area contributed by atoms with Crippen LogP contribution >= 0.6 is 0 Å². The molecule has 0 unspecified atom stereocenters. The second-order valence-electron chi connectivity index (χ2n) is 4.14. The van der Waals surface area contributed by atoms with Crippen molar-refractivity contribution in [2.45, 2.75) is 13.3 Å². The molecule has 0 atom stereocenters. The molecule has 0 aliphatic carbocycles. The second kappa shape index (κ2) is 5.45. The summed E-state index contributed by atoms with van der Waals surface area (Å²) in [5.41, 5.74) is 2.54. The molecule has 0 fully saturated rings. The highest BCUT2D eigenvalue weighted by atomic mass is 16.5. The van der Waals surface area contributed by atoms with Crippen LogP contribution in [0.3, 0.4) is 0 Å². The van der Waals surface area contributed by atoms with Gasteiger partial charge in [0.2, 0.25) is 0 Å². The Balaban J connectivity index is 2.08. The lowest BCUT2D eigenvalue weighted by Gasteiger charge is -2.03. The van der Waals surface area contributed by atoms with Crippen LogP contribution in [0.5, 0.6) is 5.75 Å². The number of benzene rings is 1. The van der Waals surface area contributed by atoms with E-state index in [0.717, 1.165) is 17.0 Å². The van der Waals surface area contributed by atoms with Gasteiger partial charge in [-0.25, -0.2) is 0 Å². The molecule has 1 aromatic carbocycles. The number of rotatable bonds is 4. The van der Waals surface area contributed by atoms with E-state index in [2.05, 4.69) is 4.98 Å². The van der Waals surface area contributed by atoms with E-state index in [0.29, 0.717) is 12.0 Å². The van der Waals surface area contributed by atoms with Crippen molar-refractivity contribution in [1.29, 1.82) is 0 Å². The third kappa shape index (κ3) is 2.94. The first kappa shape index (κ1) is 12.3. The van der Waals surface area contributed by atoms with Gasteiger partial charge in [0, 0.05) is 23.9 Å². The smallest absolute Gasteiger partial charge is 0.168 e. The predicted octanol–water partition coefficient (Wildman–Crippen LogP) is 2.82. The van der Waals surface area contributed by atoms with Gasteiger partial charge in [0.05, 0.1) is 7.11 Å². The van der Waals surface area contributed by atoms with Crippen LogP contribution in [-0.4, -0.2) is 17.9 Å². The van der Waals surface area contributed by atoms with Gasteiger partial charge in [-0.1, -0.05) is 12.1 Å². The average molecular weight is 241 g/mol. The molecule has 0 aliphatic heterocycles. The van der Waals surface area contributed by atoms with Crippen LogP contribution in [0.15, 0.2) is 42.6 Å². The van der Waals surface area contributed by atoms with Crippen molar-refractivity contribution in [3.05, 3.63) is 59.4 Å². The van der Waals surface area contributed by atoms with E-state index in [1.54, 1.807) is 13.3 Å². The molecule has 0 saturated carbocycles. The van der Waals surface area contributed by atoms with Crippen molar-refractivity contribution >= 4 is 5.78 Å². The zero-order chi connectivity index (χ0) is 13.0. The normalized spacial score (nSPS) is 10.1. The number of pyridine rings is 1. The highest BCUT2D eigenvalue weighted by Gasteiger charge is 2.07. The Labute approximate surface area is 106 Å². The van der Waals surface area contributed by atoms with Crippen LogP contribution in [0, 0.1) is 6.92 Å². The standard InChI is InChI=1S/C15H15NO2/c1-11-3-6-13(10-16-11)15(17)9-12-4-7-14(18-2)8-5-12/h3-8,10H,9H2,1-2H3. The predicted molar refractivity (Wildman–Crippen MR) is 70.0 cm³/mol. The van der Waals surface area contributed by atoms with Crippen LogP contribution in [0.2, 0.25) is 0 Å². The van der Waals surface area contributed by atoms with Gasteiger partial charge in [-0.3, -0.25) is 9.78 Å². The van der Waals surface area contributed by atoms with Crippen molar-refractivity contribution in [2.75, 3.05) is 7.11 Å². The molecule has 2 rings (SSSR count). The Kier molecular flexibility index (Phi) is 3.72. The Morgan fingerprint density at radius 1 is 1.17 bits per heavy atom. The highest BCUT2D eigenvalue weighted by molar-refractivity contribution is 5.97. The summed E-state index contributed by atoms with van der Waals surface area (Å²) in [5.74, 6) is 0.871. The molecule has 0 N–H and O–H groups in total. The number of methoxy groups -OCH3 is 1. The lowest BCUT2D eigenvalue weighted by atomic mass is 10.0. The van der Waals surface area contributed by atoms with E-state index in [4.69, 9.17) is 4.74 Å². The maximum atomic E-state index is 12.0. The molecular formula is C15H15NO2. The van der Waals surface area contributed by atoms with Crippen molar-refractivity contribution in [1.82, 2.24) is 4.98 Å². The molecule has 92 valence electrons. The van der Waals surface area contributed by atoms with E-state index < -0.39 is 0 Å². The molecule has 18 heavy (non-hydrogen) atoms. The summed E-state index contributed by atoms with van der Waals surface area (Å²) in [4.78, 5) is 16.1. The number of hydrogen-bond donors (Lipinski definition) is 0. The summed E-state index contributed by atoms with van der Waals surface area (Å²) >= 11 is 0. The zero-order valence-corrected chi connectivity index (χ0v) is 10.5. The molecule has 0 bridgehead atoms. The quantitative estimate of drug-likeness (QED) is 0.773. The number of carbonyl (C=O) groups excluding carboxylic acids is 1. The third-order valence-corrected chi connectivity index (χ3v) is 2.76. The topological polar surface area (TPSA) is 39.2 Å². The first-order chi connectivity index (χ1) is 8.69. The third-order valence-electron chi connectivity index (χ3n) is 2.76. The fourth-order valence-electron chi connectivity index (χ4n) is 1.66. The summed E-state index contributed by atoms with van der Waals surface area (Å²) in [6, 6.07) is 11.2. The van der Waals surface area contributed by atoms with Gasteiger partial charge in [0.15, 0.2) is 5.78 Å². The zero-order valence-electron chi connectivity index (χ0n) is 10.5. The van der Waals surface area contributed by atoms with Crippen LogP contribution in [0.1, 0.15) is 21.6 Å². The summed E-state index contributed by atoms with van der Waals surface area (Å²) < 4.78 is 5.08. The van der Waals surface area contributed by atoms with E-state index in [9.17, 15) is 4.79 Å². The highest BCUT2D eigenvalue weighted by Crippen LogP contribution is 2.13. The van der Waals surface area contributed by atoms with Gasteiger partial charge in [-0.05, 0) is 36.8 Å². The Morgan fingerprint density at radius 3 is 2.44 bits per heavy atom. The number of Topliss-reactive ketones (excluding diaryl/α,β-unsaturated/α-hetero) is 1. The molecule has 1 heterocycles. The van der Waals surface area contributed by atoms with Gasteiger partial charge < -0.3 is 4.74 Å². The fourth-order valence-corrected chi connectivity index (χ4v) is 1.66. The Hall–Kier alpha value is -2.16. The number of aryl methyl sites for hydroxylation is 1. The first-order valence-electron chi connectivity index (χ1n) is 5.78. The average Bonchev–Trinajstić information content (AvgIpc) is 2.40. The minimum absolute atomic E-state index is 0.0765. The molecule has 0 amide bonds. The van der Waals surface area contributed by atoms with E-state index in [1.807, 2.05) is 43.3 Å². The van der Waals surface area contributed by atoms with Crippen molar-refractivity contribution in [2.24, 2.45) is 0 Å². The van der Waals surface area contributed by atoms with Crippen molar-refractivity contribution in [3.63, 3.8) is 0 Å². The number of aromatic nitrogens is 1. The van der Waals surface area contributed by atoms with Gasteiger partial charge >= 0.3 is 0 Å². The molecule has 0 radical (unpaired) electrons. The van der Waals surface area contributed by atoms with Gasteiger partial charge in [-0.15, -0.1) is 0 Å². The van der Waals surface area contributed by atoms with Gasteiger partial charge in [0.1, 0.15) is 5.75 Å². The van der Waals surface area contributed by atoms with Crippen molar-refractivity contribution < 1.29 is 9.53 Å². The number of carbonyl (C=O) groups is 1. The molecule has 0 aliphatic rings. The van der Waals surface area contributed by atoms with Crippen LogP contribution in [0.4, 0.5) is 0 Å². The number of ketones is 1. The summed E-state index contributed by atoms with van der Waals surface area (Å²) in [6.45, 7) is 1.90. The number of hydrogen-bond acceptors (Lipinski definition) is 3. The summed E-state index contributed by atoms with van der Waals surface area (Å²) in [6.07, 6.45) is 2.01. The van der Waals surface area contributed by atoms with Gasteiger partial charge in [-0.2, -0.15) is 0 Å². The van der Waals surface area contributed by atoms with Crippen LogP contribution in [-0.2, 0) is 6.42 Å². The molecule has 1 aromatic heterocycles. The van der Waals surface area contributed by atoms with Crippen LogP contribution < -0.4 is 4.74 Å². The Bertz CT molecular complexity index is 529. The number of ether oxygens (including phenoxy) is 1. The monoisotopic (exact) mass is 241 g/mol. The van der Waals surface area contributed by atoms with E-state index in [1.165, 1.54) is 0 Å². The molecule has 0 spiro atoms. The maximum Gasteiger partial charge on any atom is 0.168 e. The molecule has 0 saturated heterocycles. The van der Waals surface area contributed by atoms with Crippen LogP contribution in [0.25, 0.3) is 0 Å². The largest absolute Gasteiger partial charge is 0.497 e. The minimum atomic E-state index is 0.0765. The minimum Gasteiger partial charge on any atom is -0.497 e. The molecule has 3 nitrogen and oxygen atoms in total. The fraction of sp³-hybridized carbons (Fsp3) is 0.200. The second-order valence-corrected chi connectivity index (χ2v) is 4.14. The molecule has 3 heteroatoms. The molecule has 2 aromatic rings. The lowest BCUT2D eigenvalue weighted by Crippen LogP contribution is -2.04. The van der Waals surface area contributed by atoms with Gasteiger partial charge in [0.25, 0.3) is 0 Å². The SMILES string of the molecule is COc1ccc(CC(=O)c2ccc(C)nc2)cc1. The summed E-state index contributed by atoms with van der Waals surface area (Å²) in [5, 5.41) is 0. The first-order valence-corrected chi connectivity index (χ1v) is 5.78.